The Bertz CT molecular complexity index is 494. The maximum Gasteiger partial charge on any atom is 0.410 e. The Morgan fingerprint density at radius 3 is 2.70 bits per heavy atom. The number of pyridine rings is 1. The highest BCUT2D eigenvalue weighted by Crippen LogP contribution is 2.16. The van der Waals surface area contributed by atoms with Gasteiger partial charge >= 0.3 is 6.09 Å². The van der Waals surface area contributed by atoms with Crippen LogP contribution in [0.4, 0.5) is 4.79 Å². The average molecular weight is 321 g/mol. The molecule has 0 aliphatic carbocycles. The number of ether oxygens (including phenoxy) is 1. The van der Waals surface area contributed by atoms with E-state index in [1.165, 1.54) is 0 Å². The van der Waals surface area contributed by atoms with E-state index in [-0.39, 0.29) is 6.09 Å². The van der Waals surface area contributed by atoms with Gasteiger partial charge in [-0.15, -0.1) is 0 Å². The van der Waals surface area contributed by atoms with Gasteiger partial charge in [0.25, 0.3) is 0 Å². The summed E-state index contributed by atoms with van der Waals surface area (Å²) in [7, 11) is 0. The first kappa shape index (κ1) is 17.7. The van der Waals surface area contributed by atoms with Crippen LogP contribution < -0.4 is 5.32 Å². The summed E-state index contributed by atoms with van der Waals surface area (Å²) < 4.78 is 5.39. The molecular weight excluding hydrogens is 294 g/mol. The molecule has 1 amide bonds. The SMILES string of the molecule is CC(C)(C)OC(=O)N1CCC(NCC(O)c2ccccn2)CC1. The third-order valence-electron chi connectivity index (χ3n) is 3.78. The molecule has 0 radical (unpaired) electrons. The molecule has 1 saturated heterocycles. The van der Waals surface area contributed by atoms with Crippen LogP contribution in [0.3, 0.4) is 0 Å². The van der Waals surface area contributed by atoms with Crippen molar-refractivity contribution in [3.05, 3.63) is 30.1 Å². The van der Waals surface area contributed by atoms with E-state index in [2.05, 4.69) is 10.3 Å². The predicted molar refractivity (Wildman–Crippen MR) is 88.0 cm³/mol. The van der Waals surface area contributed by atoms with Crippen LogP contribution >= 0.6 is 0 Å². The number of likely N-dealkylation sites (tertiary alicyclic amines) is 1. The number of aliphatic hydroxyl groups excluding tert-OH is 1. The molecule has 0 bridgehead atoms. The highest BCUT2D eigenvalue weighted by Gasteiger charge is 2.26. The van der Waals surface area contributed by atoms with Crippen molar-refractivity contribution in [2.24, 2.45) is 0 Å². The summed E-state index contributed by atoms with van der Waals surface area (Å²) in [5.74, 6) is 0. The summed E-state index contributed by atoms with van der Waals surface area (Å²) in [6.45, 7) is 7.43. The largest absolute Gasteiger partial charge is 0.444 e. The van der Waals surface area contributed by atoms with Gasteiger partial charge in [-0.3, -0.25) is 4.98 Å². The lowest BCUT2D eigenvalue weighted by molar-refractivity contribution is 0.0194. The first-order valence-electron chi connectivity index (χ1n) is 8.15. The predicted octanol–water partition coefficient (Wildman–Crippen LogP) is 2.10. The Morgan fingerprint density at radius 2 is 2.13 bits per heavy atom. The molecule has 1 fully saturated rings. The highest BCUT2D eigenvalue weighted by molar-refractivity contribution is 5.68. The Kier molecular flexibility index (Phi) is 5.96. The zero-order chi connectivity index (χ0) is 16.9. The number of rotatable bonds is 4. The van der Waals surface area contributed by atoms with Crippen molar-refractivity contribution in [2.75, 3.05) is 19.6 Å². The molecule has 1 unspecified atom stereocenters. The Balaban J connectivity index is 1.72. The summed E-state index contributed by atoms with van der Waals surface area (Å²) in [5, 5.41) is 13.5. The third-order valence-corrected chi connectivity index (χ3v) is 3.78. The number of aliphatic hydroxyl groups is 1. The zero-order valence-electron chi connectivity index (χ0n) is 14.2. The summed E-state index contributed by atoms with van der Waals surface area (Å²) in [6.07, 6.45) is 2.53. The van der Waals surface area contributed by atoms with Crippen molar-refractivity contribution in [1.29, 1.82) is 0 Å². The number of carbonyl (C=O) groups is 1. The number of aromatic nitrogens is 1. The van der Waals surface area contributed by atoms with E-state index in [1.807, 2.05) is 39.0 Å². The minimum absolute atomic E-state index is 0.246. The molecule has 1 aliphatic rings. The maximum absolute atomic E-state index is 12.0. The Labute approximate surface area is 137 Å². The molecule has 6 nitrogen and oxygen atoms in total. The van der Waals surface area contributed by atoms with Crippen LogP contribution in [0.15, 0.2) is 24.4 Å². The quantitative estimate of drug-likeness (QED) is 0.888. The molecule has 2 rings (SSSR count). The van der Waals surface area contributed by atoms with Crippen molar-refractivity contribution in [3.8, 4) is 0 Å². The van der Waals surface area contributed by atoms with Gasteiger partial charge in [-0.25, -0.2) is 4.79 Å². The number of carbonyl (C=O) groups excluding carboxylic acids is 1. The van der Waals surface area contributed by atoms with E-state index < -0.39 is 11.7 Å². The smallest absolute Gasteiger partial charge is 0.410 e. The molecule has 2 heterocycles. The van der Waals surface area contributed by atoms with Gasteiger partial charge in [0.1, 0.15) is 11.7 Å². The van der Waals surface area contributed by atoms with Crippen LogP contribution in [0, 0.1) is 0 Å². The van der Waals surface area contributed by atoms with Gasteiger partial charge in [0.2, 0.25) is 0 Å². The van der Waals surface area contributed by atoms with Gasteiger partial charge in [-0.1, -0.05) is 6.07 Å². The lowest BCUT2D eigenvalue weighted by Crippen LogP contribution is -2.47. The lowest BCUT2D eigenvalue weighted by Gasteiger charge is -2.34. The summed E-state index contributed by atoms with van der Waals surface area (Å²) >= 11 is 0. The van der Waals surface area contributed by atoms with Gasteiger partial charge in [0, 0.05) is 31.9 Å². The van der Waals surface area contributed by atoms with E-state index in [1.54, 1.807) is 11.1 Å². The molecule has 128 valence electrons. The van der Waals surface area contributed by atoms with Crippen LogP contribution in [-0.2, 0) is 4.74 Å². The lowest BCUT2D eigenvalue weighted by atomic mass is 10.0. The topological polar surface area (TPSA) is 74.7 Å². The fourth-order valence-corrected chi connectivity index (χ4v) is 2.55. The van der Waals surface area contributed by atoms with Crippen molar-refractivity contribution >= 4 is 6.09 Å². The fourth-order valence-electron chi connectivity index (χ4n) is 2.55. The zero-order valence-corrected chi connectivity index (χ0v) is 14.2. The molecule has 1 atom stereocenters. The van der Waals surface area contributed by atoms with E-state index in [0.717, 1.165) is 12.8 Å². The number of nitrogens with one attached hydrogen (secondary N) is 1. The number of hydrogen-bond acceptors (Lipinski definition) is 5. The number of amides is 1. The molecule has 6 heteroatoms. The monoisotopic (exact) mass is 321 g/mol. The second-order valence-corrected chi connectivity index (χ2v) is 6.92. The van der Waals surface area contributed by atoms with Crippen molar-refractivity contribution in [1.82, 2.24) is 15.2 Å². The molecule has 1 aliphatic heterocycles. The summed E-state index contributed by atoms with van der Waals surface area (Å²) in [4.78, 5) is 17.9. The summed E-state index contributed by atoms with van der Waals surface area (Å²) in [5.41, 5.74) is 0.213. The molecule has 1 aromatic heterocycles. The van der Waals surface area contributed by atoms with Gasteiger partial charge in [0.05, 0.1) is 5.69 Å². The first-order valence-corrected chi connectivity index (χ1v) is 8.15. The minimum atomic E-state index is -0.611. The first-order chi connectivity index (χ1) is 10.8. The molecule has 1 aromatic rings. The summed E-state index contributed by atoms with van der Waals surface area (Å²) in [6, 6.07) is 5.81. The molecule has 0 aromatic carbocycles. The standard InChI is InChI=1S/C17H27N3O3/c1-17(2,3)23-16(22)20-10-7-13(8-11-20)19-12-15(21)14-6-4-5-9-18-14/h4-6,9,13,15,19,21H,7-8,10-12H2,1-3H3. The number of hydrogen-bond donors (Lipinski definition) is 2. The fraction of sp³-hybridized carbons (Fsp3) is 0.647. The highest BCUT2D eigenvalue weighted by atomic mass is 16.6. The van der Waals surface area contributed by atoms with Crippen LogP contribution in [0.2, 0.25) is 0 Å². The molecule has 2 N–H and O–H groups in total. The van der Waals surface area contributed by atoms with E-state index >= 15 is 0 Å². The normalized spacial score (nSPS) is 17.8. The number of nitrogens with zero attached hydrogens (tertiary/aromatic N) is 2. The molecule has 23 heavy (non-hydrogen) atoms. The van der Waals surface area contributed by atoms with Crippen molar-refractivity contribution in [3.63, 3.8) is 0 Å². The number of piperidine rings is 1. The van der Waals surface area contributed by atoms with Crippen LogP contribution in [0.5, 0.6) is 0 Å². The van der Waals surface area contributed by atoms with Gasteiger partial charge in [-0.05, 0) is 45.7 Å². The van der Waals surface area contributed by atoms with Gasteiger partial charge in [-0.2, -0.15) is 0 Å². The van der Waals surface area contributed by atoms with Crippen molar-refractivity contribution in [2.45, 2.75) is 51.4 Å². The Hall–Kier alpha value is -1.66. The van der Waals surface area contributed by atoms with Crippen LogP contribution in [0.1, 0.15) is 45.4 Å². The minimum Gasteiger partial charge on any atom is -0.444 e. The van der Waals surface area contributed by atoms with E-state index in [4.69, 9.17) is 4.74 Å². The van der Waals surface area contributed by atoms with E-state index in [9.17, 15) is 9.90 Å². The van der Waals surface area contributed by atoms with Gasteiger partial charge < -0.3 is 20.1 Å². The van der Waals surface area contributed by atoms with Crippen LogP contribution in [0.25, 0.3) is 0 Å². The van der Waals surface area contributed by atoms with Crippen LogP contribution in [-0.4, -0.2) is 52.4 Å². The molecular formula is C17H27N3O3. The second-order valence-electron chi connectivity index (χ2n) is 6.92. The second kappa shape index (κ2) is 7.75. The molecule has 0 spiro atoms. The Morgan fingerprint density at radius 1 is 1.43 bits per heavy atom. The third kappa shape index (κ3) is 5.80. The van der Waals surface area contributed by atoms with Crippen molar-refractivity contribution < 1.29 is 14.6 Å². The maximum atomic E-state index is 12.0. The van der Waals surface area contributed by atoms with Gasteiger partial charge in [0.15, 0.2) is 0 Å². The molecule has 0 saturated carbocycles. The van der Waals surface area contributed by atoms with E-state index in [0.29, 0.717) is 31.4 Å². The average Bonchev–Trinajstić information content (AvgIpc) is 2.52.